The van der Waals surface area contributed by atoms with Crippen molar-refractivity contribution in [2.75, 3.05) is 39.8 Å². The van der Waals surface area contributed by atoms with Gasteiger partial charge in [0.15, 0.2) is 0 Å². The van der Waals surface area contributed by atoms with E-state index in [0.29, 0.717) is 25.3 Å². The number of sulfonamides is 2. The lowest BCUT2D eigenvalue weighted by Gasteiger charge is -2.17. The second-order valence-electron chi connectivity index (χ2n) is 8.02. The lowest BCUT2D eigenvalue weighted by atomic mass is 10.3. The van der Waals surface area contributed by atoms with Crippen molar-refractivity contribution in [1.82, 2.24) is 13.9 Å². The zero-order chi connectivity index (χ0) is 24.6. The van der Waals surface area contributed by atoms with Crippen molar-refractivity contribution < 1.29 is 26.4 Å². The fraction of sp³-hybridized carbons (Fsp3) is 0.435. The quantitative estimate of drug-likeness (QED) is 0.438. The summed E-state index contributed by atoms with van der Waals surface area (Å²) in [6, 6.07) is 14.4. The molecule has 0 aliphatic carbocycles. The standard InChI is InChI=1S/C23H31N3O6S2/c1-25(33(28,29)21-8-3-2-4-9-21)16-7-10-23(27)24-15-19-32-20-11-13-22(14-12-20)34(30,31)26-17-5-6-18-26/h2-4,8-9,11-14H,5-7,10,15-19H2,1H3,(H,24,27). The Labute approximate surface area is 201 Å². The maximum Gasteiger partial charge on any atom is 0.243 e. The van der Waals surface area contributed by atoms with Gasteiger partial charge in [-0.15, -0.1) is 0 Å². The van der Waals surface area contributed by atoms with Gasteiger partial charge in [0, 0.05) is 33.1 Å². The van der Waals surface area contributed by atoms with Gasteiger partial charge in [0.1, 0.15) is 12.4 Å². The number of carbonyl (C=O) groups is 1. The van der Waals surface area contributed by atoms with Crippen LogP contribution in [0.2, 0.25) is 0 Å². The highest BCUT2D eigenvalue weighted by atomic mass is 32.2. The average Bonchev–Trinajstić information content (AvgIpc) is 3.39. The van der Waals surface area contributed by atoms with E-state index in [0.717, 1.165) is 12.8 Å². The lowest BCUT2D eigenvalue weighted by molar-refractivity contribution is -0.121. The van der Waals surface area contributed by atoms with Crippen molar-refractivity contribution in [3.63, 3.8) is 0 Å². The number of amides is 1. The molecule has 0 atom stereocenters. The third kappa shape index (κ3) is 6.78. The average molecular weight is 510 g/mol. The molecule has 3 rings (SSSR count). The smallest absolute Gasteiger partial charge is 0.243 e. The molecule has 34 heavy (non-hydrogen) atoms. The lowest BCUT2D eigenvalue weighted by Crippen LogP contribution is -2.31. The van der Waals surface area contributed by atoms with Crippen LogP contribution in [0, 0.1) is 0 Å². The number of nitrogens with one attached hydrogen (secondary N) is 1. The summed E-state index contributed by atoms with van der Waals surface area (Å²) in [5, 5.41) is 2.74. The first kappa shape index (κ1) is 26.1. The summed E-state index contributed by atoms with van der Waals surface area (Å²) in [6.07, 6.45) is 2.35. The van der Waals surface area contributed by atoms with Gasteiger partial charge < -0.3 is 10.1 Å². The summed E-state index contributed by atoms with van der Waals surface area (Å²) in [6.45, 7) is 1.85. The molecule has 1 aliphatic heterocycles. The summed E-state index contributed by atoms with van der Waals surface area (Å²) in [5.74, 6) is 0.323. The highest BCUT2D eigenvalue weighted by Crippen LogP contribution is 2.22. The molecular formula is C23H31N3O6S2. The van der Waals surface area contributed by atoms with Crippen LogP contribution in [0.4, 0.5) is 0 Å². The number of rotatable bonds is 12. The second-order valence-corrected chi connectivity index (χ2v) is 12.0. The van der Waals surface area contributed by atoms with Crippen LogP contribution in [0.5, 0.6) is 5.75 Å². The van der Waals surface area contributed by atoms with Crippen molar-refractivity contribution in [2.45, 2.75) is 35.5 Å². The van der Waals surface area contributed by atoms with Gasteiger partial charge in [-0.05, 0) is 55.7 Å². The van der Waals surface area contributed by atoms with Gasteiger partial charge in [0.2, 0.25) is 26.0 Å². The van der Waals surface area contributed by atoms with Crippen LogP contribution in [-0.4, -0.2) is 71.2 Å². The van der Waals surface area contributed by atoms with Crippen LogP contribution < -0.4 is 10.1 Å². The third-order valence-corrected chi connectivity index (χ3v) is 9.33. The molecule has 11 heteroatoms. The van der Waals surface area contributed by atoms with Gasteiger partial charge in [-0.3, -0.25) is 4.79 Å². The summed E-state index contributed by atoms with van der Waals surface area (Å²) in [4.78, 5) is 12.5. The molecule has 1 heterocycles. The Bertz CT molecular complexity index is 1150. The third-order valence-electron chi connectivity index (χ3n) is 5.55. The first-order chi connectivity index (χ1) is 16.2. The monoisotopic (exact) mass is 509 g/mol. The molecule has 0 radical (unpaired) electrons. The van der Waals surface area contributed by atoms with Crippen molar-refractivity contribution in [3.05, 3.63) is 54.6 Å². The number of ether oxygens (including phenoxy) is 1. The molecule has 1 aliphatic rings. The van der Waals surface area contributed by atoms with E-state index in [9.17, 15) is 21.6 Å². The molecule has 0 unspecified atom stereocenters. The maximum atomic E-state index is 12.5. The highest BCUT2D eigenvalue weighted by molar-refractivity contribution is 7.89. The van der Waals surface area contributed by atoms with Gasteiger partial charge in [0.05, 0.1) is 16.3 Å². The van der Waals surface area contributed by atoms with Gasteiger partial charge in [0.25, 0.3) is 0 Å². The molecule has 0 aromatic heterocycles. The number of nitrogens with zero attached hydrogens (tertiary/aromatic N) is 2. The van der Waals surface area contributed by atoms with E-state index in [1.807, 2.05) is 0 Å². The van der Waals surface area contributed by atoms with Crippen LogP contribution in [-0.2, 0) is 24.8 Å². The first-order valence-corrected chi connectivity index (χ1v) is 14.1. The fourth-order valence-electron chi connectivity index (χ4n) is 3.59. The van der Waals surface area contributed by atoms with E-state index in [4.69, 9.17) is 4.74 Å². The highest BCUT2D eigenvalue weighted by Gasteiger charge is 2.27. The van der Waals surface area contributed by atoms with Gasteiger partial charge >= 0.3 is 0 Å². The SMILES string of the molecule is CN(CCCC(=O)NCCOc1ccc(S(=O)(=O)N2CCCC2)cc1)S(=O)(=O)c1ccccc1. The van der Waals surface area contributed by atoms with Crippen molar-refractivity contribution >= 4 is 26.0 Å². The van der Waals surface area contributed by atoms with E-state index in [1.165, 1.54) is 27.8 Å². The van der Waals surface area contributed by atoms with Crippen LogP contribution in [0.15, 0.2) is 64.4 Å². The molecule has 1 saturated heterocycles. The predicted octanol–water partition coefficient (Wildman–Crippen LogP) is 2.07. The topological polar surface area (TPSA) is 113 Å². The molecule has 1 N–H and O–H groups in total. The van der Waals surface area contributed by atoms with Crippen LogP contribution in [0.3, 0.4) is 0 Å². The molecule has 0 saturated carbocycles. The van der Waals surface area contributed by atoms with E-state index < -0.39 is 20.0 Å². The predicted molar refractivity (Wildman–Crippen MR) is 128 cm³/mol. The number of hydrogen-bond acceptors (Lipinski definition) is 6. The zero-order valence-electron chi connectivity index (χ0n) is 19.2. The van der Waals surface area contributed by atoms with Gasteiger partial charge in [-0.2, -0.15) is 4.31 Å². The molecule has 1 fully saturated rings. The molecular weight excluding hydrogens is 478 g/mol. The van der Waals surface area contributed by atoms with Crippen LogP contribution in [0.1, 0.15) is 25.7 Å². The Morgan fingerprint density at radius 2 is 1.62 bits per heavy atom. The Morgan fingerprint density at radius 1 is 0.971 bits per heavy atom. The van der Waals surface area contributed by atoms with Crippen LogP contribution in [0.25, 0.3) is 0 Å². The molecule has 9 nitrogen and oxygen atoms in total. The fourth-order valence-corrected chi connectivity index (χ4v) is 6.34. The number of carbonyl (C=O) groups excluding carboxylic acids is 1. The van der Waals surface area contributed by atoms with E-state index in [-0.39, 0.29) is 41.8 Å². The zero-order valence-corrected chi connectivity index (χ0v) is 20.9. The van der Waals surface area contributed by atoms with Gasteiger partial charge in [-0.1, -0.05) is 18.2 Å². The summed E-state index contributed by atoms with van der Waals surface area (Å²) >= 11 is 0. The Hall–Kier alpha value is -2.47. The Morgan fingerprint density at radius 3 is 2.26 bits per heavy atom. The Balaban J connectivity index is 1.34. The van der Waals surface area contributed by atoms with E-state index >= 15 is 0 Å². The molecule has 0 bridgehead atoms. The summed E-state index contributed by atoms with van der Waals surface area (Å²) < 4.78 is 58.3. The van der Waals surface area contributed by atoms with Crippen molar-refractivity contribution in [3.8, 4) is 5.75 Å². The molecule has 2 aromatic carbocycles. The second kappa shape index (κ2) is 11.8. The summed E-state index contributed by atoms with van der Waals surface area (Å²) in [7, 11) is -5.52. The normalized spacial score (nSPS) is 14.9. The number of benzene rings is 2. The van der Waals surface area contributed by atoms with E-state index in [1.54, 1.807) is 42.5 Å². The molecule has 186 valence electrons. The van der Waals surface area contributed by atoms with Crippen LogP contribution >= 0.6 is 0 Å². The van der Waals surface area contributed by atoms with Crippen molar-refractivity contribution in [2.24, 2.45) is 0 Å². The molecule has 2 aromatic rings. The summed E-state index contributed by atoms with van der Waals surface area (Å²) in [5.41, 5.74) is 0. The minimum Gasteiger partial charge on any atom is -0.492 e. The first-order valence-electron chi connectivity index (χ1n) is 11.2. The maximum absolute atomic E-state index is 12.5. The minimum absolute atomic E-state index is 0.192. The van der Waals surface area contributed by atoms with Crippen molar-refractivity contribution in [1.29, 1.82) is 0 Å². The minimum atomic E-state index is -3.56. The van der Waals surface area contributed by atoms with E-state index in [2.05, 4.69) is 5.32 Å². The largest absolute Gasteiger partial charge is 0.492 e. The molecule has 0 spiro atoms. The molecule has 1 amide bonds. The Kier molecular flexibility index (Phi) is 9.06. The van der Waals surface area contributed by atoms with Gasteiger partial charge in [-0.25, -0.2) is 21.1 Å². The number of hydrogen-bond donors (Lipinski definition) is 1.